The molecular weight excluding hydrogens is 527 g/mol. The van der Waals surface area contributed by atoms with E-state index in [4.69, 9.17) is 5.73 Å². The number of hydrogen-bond donors (Lipinski definition) is 3. The summed E-state index contributed by atoms with van der Waals surface area (Å²) in [4.78, 5) is 25.6. The van der Waals surface area contributed by atoms with E-state index in [0.717, 1.165) is 47.3 Å². The van der Waals surface area contributed by atoms with Crippen LogP contribution in [0, 0.1) is 23.3 Å². The number of aliphatic hydroxyl groups is 1. The first kappa shape index (κ1) is 28.4. The van der Waals surface area contributed by atoms with Crippen LogP contribution in [0.2, 0.25) is 0 Å². The van der Waals surface area contributed by atoms with Gasteiger partial charge in [0.05, 0.1) is 25.0 Å². The standard InChI is InChI=1S/C23H20F7N5O3/c1-2-34(21(37)18-15(25)4-3-5-16(18)26)11-22(38,23(28,29)30)10-32-20(36)13-9-33-35(19(13)31)12-6-7-14(24)17(27)8-12/h3-9,38H,2,10-11,31H2,1H3,(H,32,36). The van der Waals surface area contributed by atoms with Gasteiger partial charge in [-0.15, -0.1) is 0 Å². The fourth-order valence-corrected chi connectivity index (χ4v) is 3.43. The lowest BCUT2D eigenvalue weighted by molar-refractivity contribution is -0.259. The van der Waals surface area contributed by atoms with Crippen LogP contribution in [-0.2, 0) is 0 Å². The Kier molecular flexibility index (Phi) is 8.00. The number of amides is 2. The number of rotatable bonds is 8. The number of anilines is 1. The number of benzene rings is 2. The minimum absolute atomic E-state index is 0.0928. The summed E-state index contributed by atoms with van der Waals surface area (Å²) in [5.74, 6) is -8.16. The van der Waals surface area contributed by atoms with Gasteiger partial charge in [0.2, 0.25) is 0 Å². The average Bonchev–Trinajstić information content (AvgIpc) is 3.23. The van der Waals surface area contributed by atoms with Gasteiger partial charge in [0.1, 0.15) is 28.6 Å². The number of halogens is 7. The minimum Gasteiger partial charge on any atom is -0.383 e. The first-order valence-electron chi connectivity index (χ1n) is 10.8. The molecule has 0 fully saturated rings. The number of nitrogens with two attached hydrogens (primary N) is 1. The maximum Gasteiger partial charge on any atom is 0.420 e. The molecule has 8 nitrogen and oxygen atoms in total. The summed E-state index contributed by atoms with van der Waals surface area (Å²) in [5.41, 5.74) is 0.384. The van der Waals surface area contributed by atoms with Crippen LogP contribution in [-0.4, -0.2) is 63.0 Å². The summed E-state index contributed by atoms with van der Waals surface area (Å²) < 4.78 is 97.2. The molecule has 4 N–H and O–H groups in total. The largest absolute Gasteiger partial charge is 0.420 e. The number of nitrogens with zero attached hydrogens (tertiary/aromatic N) is 3. The molecule has 1 atom stereocenters. The molecule has 0 saturated carbocycles. The number of aromatic nitrogens is 2. The first-order valence-corrected chi connectivity index (χ1v) is 10.8. The van der Waals surface area contributed by atoms with E-state index in [9.17, 15) is 45.4 Å². The van der Waals surface area contributed by atoms with Crippen molar-refractivity contribution in [2.24, 2.45) is 0 Å². The lowest BCUT2D eigenvalue weighted by Gasteiger charge is -2.35. The molecule has 0 aliphatic rings. The second-order valence-corrected chi connectivity index (χ2v) is 8.08. The van der Waals surface area contributed by atoms with Crippen molar-refractivity contribution in [3.63, 3.8) is 0 Å². The van der Waals surface area contributed by atoms with Crippen molar-refractivity contribution in [1.29, 1.82) is 0 Å². The number of carbonyl (C=O) groups is 2. The topological polar surface area (TPSA) is 113 Å². The number of carbonyl (C=O) groups excluding carboxylic acids is 2. The number of nitrogen functional groups attached to an aromatic ring is 1. The third kappa shape index (κ3) is 5.56. The molecule has 0 aliphatic carbocycles. The highest BCUT2D eigenvalue weighted by atomic mass is 19.4. The van der Waals surface area contributed by atoms with Crippen LogP contribution in [0.1, 0.15) is 27.6 Å². The highest BCUT2D eigenvalue weighted by Crippen LogP contribution is 2.32. The summed E-state index contributed by atoms with van der Waals surface area (Å²) >= 11 is 0. The molecule has 0 saturated heterocycles. The maximum absolute atomic E-state index is 14.0. The van der Waals surface area contributed by atoms with Gasteiger partial charge in [-0.1, -0.05) is 6.07 Å². The molecule has 2 amide bonds. The molecule has 0 bridgehead atoms. The first-order chi connectivity index (χ1) is 17.7. The second-order valence-electron chi connectivity index (χ2n) is 8.08. The van der Waals surface area contributed by atoms with E-state index in [1.54, 1.807) is 0 Å². The Morgan fingerprint density at radius 1 is 1.05 bits per heavy atom. The number of nitrogens with one attached hydrogen (secondary N) is 1. The SMILES string of the molecule is CCN(CC(O)(CNC(=O)c1cnn(-c2ccc(F)c(F)c2)c1N)C(F)(F)F)C(=O)c1c(F)cccc1F. The van der Waals surface area contributed by atoms with Gasteiger partial charge in [-0.05, 0) is 31.2 Å². The molecular formula is C23H20F7N5O3. The number of alkyl halides is 3. The lowest BCUT2D eigenvalue weighted by Crippen LogP contribution is -2.60. The van der Waals surface area contributed by atoms with Crippen LogP contribution in [0.5, 0.6) is 0 Å². The van der Waals surface area contributed by atoms with Crippen molar-refractivity contribution in [3.8, 4) is 5.69 Å². The molecule has 1 heterocycles. The quantitative estimate of drug-likeness (QED) is 0.375. The zero-order valence-electron chi connectivity index (χ0n) is 19.5. The lowest BCUT2D eigenvalue weighted by atomic mass is 10.0. The average molecular weight is 547 g/mol. The Morgan fingerprint density at radius 3 is 2.24 bits per heavy atom. The van der Waals surface area contributed by atoms with Crippen LogP contribution in [0.15, 0.2) is 42.6 Å². The summed E-state index contributed by atoms with van der Waals surface area (Å²) in [7, 11) is 0. The van der Waals surface area contributed by atoms with Crippen molar-refractivity contribution in [2.45, 2.75) is 18.7 Å². The smallest absolute Gasteiger partial charge is 0.383 e. The Balaban J connectivity index is 1.82. The molecule has 204 valence electrons. The Hall–Kier alpha value is -4.14. The van der Waals surface area contributed by atoms with E-state index in [1.807, 2.05) is 5.32 Å². The predicted molar refractivity (Wildman–Crippen MR) is 119 cm³/mol. The predicted octanol–water partition coefficient (Wildman–Crippen LogP) is 3.20. The van der Waals surface area contributed by atoms with Crippen molar-refractivity contribution < 1.29 is 45.4 Å². The molecule has 3 aromatic rings. The van der Waals surface area contributed by atoms with E-state index in [1.165, 1.54) is 6.92 Å². The normalized spacial score (nSPS) is 13.2. The summed E-state index contributed by atoms with van der Waals surface area (Å²) in [6.07, 6.45) is -4.56. The van der Waals surface area contributed by atoms with Crippen molar-refractivity contribution in [1.82, 2.24) is 20.0 Å². The van der Waals surface area contributed by atoms with Gasteiger partial charge in [-0.2, -0.15) is 18.3 Å². The molecule has 1 aromatic heterocycles. The molecule has 0 aliphatic heterocycles. The molecule has 0 spiro atoms. The zero-order chi connectivity index (χ0) is 28.4. The summed E-state index contributed by atoms with van der Waals surface area (Å²) in [5, 5.41) is 16.0. The fraction of sp³-hybridized carbons (Fsp3) is 0.261. The van der Waals surface area contributed by atoms with Gasteiger partial charge < -0.3 is 21.1 Å². The maximum atomic E-state index is 14.0. The van der Waals surface area contributed by atoms with Gasteiger partial charge >= 0.3 is 6.18 Å². The van der Waals surface area contributed by atoms with Crippen LogP contribution in [0.4, 0.5) is 36.6 Å². The van der Waals surface area contributed by atoms with Gasteiger partial charge in [0.15, 0.2) is 17.2 Å². The highest BCUT2D eigenvalue weighted by Gasteiger charge is 2.55. The van der Waals surface area contributed by atoms with Gasteiger partial charge in [0.25, 0.3) is 11.8 Å². The summed E-state index contributed by atoms with van der Waals surface area (Å²) in [6.45, 7) is -2.23. The third-order valence-corrected chi connectivity index (χ3v) is 5.57. The van der Waals surface area contributed by atoms with E-state index >= 15 is 0 Å². The summed E-state index contributed by atoms with van der Waals surface area (Å²) in [6, 6.07) is 5.01. The Morgan fingerprint density at radius 2 is 1.68 bits per heavy atom. The van der Waals surface area contributed by atoms with Gasteiger partial charge in [-0.25, -0.2) is 22.2 Å². The molecule has 15 heteroatoms. The van der Waals surface area contributed by atoms with Gasteiger partial charge in [0, 0.05) is 12.6 Å². The number of likely N-dealkylation sites (N-methyl/N-ethyl adjacent to an activating group) is 1. The van der Waals surface area contributed by atoms with Crippen LogP contribution >= 0.6 is 0 Å². The monoisotopic (exact) mass is 547 g/mol. The van der Waals surface area contributed by atoms with E-state index in [0.29, 0.717) is 4.90 Å². The van der Waals surface area contributed by atoms with Crippen molar-refractivity contribution in [2.75, 3.05) is 25.4 Å². The Labute approximate surface area is 210 Å². The van der Waals surface area contributed by atoms with E-state index in [-0.39, 0.29) is 5.69 Å². The van der Waals surface area contributed by atoms with Crippen LogP contribution in [0.3, 0.4) is 0 Å². The molecule has 3 rings (SSSR count). The molecule has 2 aromatic carbocycles. The Bertz CT molecular complexity index is 1340. The highest BCUT2D eigenvalue weighted by molar-refractivity contribution is 5.98. The van der Waals surface area contributed by atoms with E-state index in [2.05, 4.69) is 5.10 Å². The fourth-order valence-electron chi connectivity index (χ4n) is 3.43. The molecule has 0 radical (unpaired) electrons. The van der Waals surface area contributed by atoms with Crippen molar-refractivity contribution in [3.05, 3.63) is 77.0 Å². The van der Waals surface area contributed by atoms with Crippen LogP contribution < -0.4 is 11.1 Å². The molecule has 1 unspecified atom stereocenters. The van der Waals surface area contributed by atoms with E-state index < -0.39 is 83.4 Å². The van der Waals surface area contributed by atoms with Gasteiger partial charge in [-0.3, -0.25) is 9.59 Å². The second kappa shape index (κ2) is 10.7. The van der Waals surface area contributed by atoms with Crippen molar-refractivity contribution >= 4 is 17.6 Å². The van der Waals surface area contributed by atoms with Crippen LogP contribution in [0.25, 0.3) is 5.69 Å². The third-order valence-electron chi connectivity index (χ3n) is 5.57. The zero-order valence-corrected chi connectivity index (χ0v) is 19.5. The minimum atomic E-state index is -5.41. The number of hydrogen-bond acceptors (Lipinski definition) is 5. The molecule has 38 heavy (non-hydrogen) atoms.